The van der Waals surface area contributed by atoms with Gasteiger partial charge in [-0.15, -0.1) is 23.5 Å². The van der Waals surface area contributed by atoms with E-state index in [1.807, 2.05) is 73.2 Å². The molecule has 222 valence electrons. The van der Waals surface area contributed by atoms with E-state index in [-0.39, 0.29) is 11.1 Å². The standard InChI is InChI=1S/C34H32N6O2S2/c1-43-33-27(21-35)31(41)37-29(39(33)19-17-23-9-5-3-6-10-23)25-13-15-26(16-14-25)30-38-32(42)28(22-36)34(44-2)40(30)20-18-24-11-7-4-8-12-24/h3-16,29-30H,17-20H2,1-2H3,(H,37,41)(H,38,42). The highest BCUT2D eigenvalue weighted by atomic mass is 32.2. The van der Waals surface area contributed by atoms with Gasteiger partial charge in [0, 0.05) is 13.1 Å². The van der Waals surface area contributed by atoms with E-state index in [1.165, 1.54) is 23.5 Å². The minimum Gasteiger partial charge on any atom is -0.341 e. The molecule has 0 aromatic heterocycles. The summed E-state index contributed by atoms with van der Waals surface area (Å²) in [5, 5.41) is 26.9. The molecule has 0 spiro atoms. The smallest absolute Gasteiger partial charge is 0.266 e. The number of carbonyl (C=O) groups excluding carboxylic acids is 2. The van der Waals surface area contributed by atoms with E-state index in [0.29, 0.717) is 23.1 Å². The van der Waals surface area contributed by atoms with Gasteiger partial charge in [0.1, 0.15) is 35.6 Å². The fourth-order valence-electron chi connectivity index (χ4n) is 5.54. The lowest BCUT2D eigenvalue weighted by molar-refractivity contribution is -0.120. The van der Waals surface area contributed by atoms with E-state index in [4.69, 9.17) is 0 Å². The zero-order chi connectivity index (χ0) is 31.1. The molecule has 10 heteroatoms. The normalized spacial score (nSPS) is 18.5. The Bertz CT molecular complexity index is 1540. The molecule has 2 aliphatic rings. The van der Waals surface area contributed by atoms with Crippen molar-refractivity contribution in [1.29, 1.82) is 10.5 Å². The van der Waals surface area contributed by atoms with Crippen LogP contribution in [0.1, 0.15) is 34.6 Å². The van der Waals surface area contributed by atoms with Crippen LogP contribution < -0.4 is 10.6 Å². The van der Waals surface area contributed by atoms with Crippen molar-refractivity contribution in [3.8, 4) is 12.1 Å². The highest BCUT2D eigenvalue weighted by Crippen LogP contribution is 2.37. The lowest BCUT2D eigenvalue weighted by Crippen LogP contribution is -2.47. The Balaban J connectivity index is 1.45. The Hall–Kier alpha value is -4.64. The van der Waals surface area contributed by atoms with Crippen LogP contribution in [-0.2, 0) is 22.4 Å². The predicted molar refractivity (Wildman–Crippen MR) is 174 cm³/mol. The second kappa shape index (κ2) is 14.2. The molecule has 8 nitrogen and oxygen atoms in total. The molecule has 44 heavy (non-hydrogen) atoms. The van der Waals surface area contributed by atoms with Crippen molar-refractivity contribution >= 4 is 35.3 Å². The van der Waals surface area contributed by atoms with Gasteiger partial charge in [-0.25, -0.2) is 0 Å². The Kier molecular flexibility index (Phi) is 9.96. The third kappa shape index (κ3) is 6.47. The summed E-state index contributed by atoms with van der Waals surface area (Å²) in [7, 11) is 0. The van der Waals surface area contributed by atoms with Gasteiger partial charge in [-0.05, 0) is 47.6 Å². The molecule has 2 N–H and O–H groups in total. The molecule has 2 amide bonds. The van der Waals surface area contributed by atoms with Crippen molar-refractivity contribution in [2.75, 3.05) is 25.6 Å². The van der Waals surface area contributed by atoms with Gasteiger partial charge in [-0.2, -0.15) is 10.5 Å². The minimum atomic E-state index is -0.471. The third-order valence-electron chi connectivity index (χ3n) is 7.71. The fraction of sp³-hybridized carbons (Fsp3) is 0.235. The van der Waals surface area contributed by atoms with Crippen LogP contribution in [0.2, 0.25) is 0 Å². The molecule has 3 aromatic rings. The molecule has 5 rings (SSSR count). The van der Waals surface area contributed by atoms with Crippen molar-refractivity contribution in [2.24, 2.45) is 0 Å². The van der Waals surface area contributed by atoms with Crippen LogP contribution in [0, 0.1) is 22.7 Å². The number of hydrogen-bond donors (Lipinski definition) is 2. The van der Waals surface area contributed by atoms with Crippen LogP contribution in [0.3, 0.4) is 0 Å². The molecule has 0 fully saturated rings. The average Bonchev–Trinajstić information content (AvgIpc) is 3.07. The van der Waals surface area contributed by atoms with Crippen LogP contribution in [0.15, 0.2) is 106 Å². The number of hydrogen-bond acceptors (Lipinski definition) is 8. The van der Waals surface area contributed by atoms with Crippen molar-refractivity contribution in [1.82, 2.24) is 20.4 Å². The van der Waals surface area contributed by atoms with E-state index >= 15 is 0 Å². The summed E-state index contributed by atoms with van der Waals surface area (Å²) in [6.45, 7) is 1.20. The first-order chi connectivity index (χ1) is 21.5. The Morgan fingerprint density at radius 3 is 1.32 bits per heavy atom. The summed E-state index contributed by atoms with van der Waals surface area (Å²) in [6.07, 6.45) is 4.29. The zero-order valence-corrected chi connectivity index (χ0v) is 26.1. The van der Waals surface area contributed by atoms with Gasteiger partial charge in [0.25, 0.3) is 11.8 Å². The maximum absolute atomic E-state index is 13.0. The van der Waals surface area contributed by atoms with Crippen LogP contribution in [0.4, 0.5) is 0 Å². The molecular formula is C34H32N6O2S2. The van der Waals surface area contributed by atoms with Crippen molar-refractivity contribution < 1.29 is 9.59 Å². The molecule has 0 saturated carbocycles. The van der Waals surface area contributed by atoms with E-state index < -0.39 is 24.1 Å². The number of thioether (sulfide) groups is 2. The molecule has 2 aliphatic heterocycles. The summed E-state index contributed by atoms with van der Waals surface area (Å²) in [5.41, 5.74) is 4.26. The average molecular weight is 621 g/mol. The predicted octanol–water partition coefficient (Wildman–Crippen LogP) is 5.23. The maximum atomic E-state index is 13.0. The first kappa shape index (κ1) is 30.8. The largest absolute Gasteiger partial charge is 0.341 e. The lowest BCUT2D eigenvalue weighted by atomic mass is 10.0. The number of nitriles is 2. The van der Waals surface area contributed by atoms with Gasteiger partial charge in [0.15, 0.2) is 0 Å². The Morgan fingerprint density at radius 1 is 0.636 bits per heavy atom. The second-order valence-corrected chi connectivity index (χ2v) is 11.9. The van der Waals surface area contributed by atoms with Crippen LogP contribution in [0.25, 0.3) is 0 Å². The molecule has 0 bridgehead atoms. The van der Waals surface area contributed by atoms with Crippen molar-refractivity contribution in [3.63, 3.8) is 0 Å². The molecule has 0 aliphatic carbocycles. The van der Waals surface area contributed by atoms with Crippen LogP contribution in [0.5, 0.6) is 0 Å². The number of nitrogens with zero attached hydrogens (tertiary/aromatic N) is 4. The van der Waals surface area contributed by atoms with Gasteiger partial charge < -0.3 is 20.4 Å². The molecule has 2 atom stereocenters. The summed E-state index contributed by atoms with van der Waals surface area (Å²) in [4.78, 5) is 30.1. The van der Waals surface area contributed by atoms with Gasteiger partial charge >= 0.3 is 0 Å². The highest BCUT2D eigenvalue weighted by molar-refractivity contribution is 8.02. The van der Waals surface area contributed by atoms with E-state index in [2.05, 4.69) is 56.8 Å². The van der Waals surface area contributed by atoms with Crippen LogP contribution in [-0.4, -0.2) is 47.2 Å². The van der Waals surface area contributed by atoms with Gasteiger partial charge in [-0.3, -0.25) is 9.59 Å². The topological polar surface area (TPSA) is 112 Å². The summed E-state index contributed by atoms with van der Waals surface area (Å²) in [5.74, 6) is -0.792. The first-order valence-corrected chi connectivity index (χ1v) is 16.6. The fourth-order valence-corrected chi connectivity index (χ4v) is 7.08. The second-order valence-electron chi connectivity index (χ2n) is 10.3. The van der Waals surface area contributed by atoms with Gasteiger partial charge in [0.05, 0.1) is 10.1 Å². The lowest BCUT2D eigenvalue weighted by Gasteiger charge is -2.40. The third-order valence-corrected chi connectivity index (χ3v) is 9.36. The number of amides is 2. The van der Waals surface area contributed by atoms with Crippen LogP contribution >= 0.6 is 23.5 Å². The molecule has 0 radical (unpaired) electrons. The number of rotatable bonds is 10. The van der Waals surface area contributed by atoms with Gasteiger partial charge in [-0.1, -0.05) is 84.9 Å². The summed E-state index contributed by atoms with van der Waals surface area (Å²) >= 11 is 2.79. The Labute approximate surface area is 266 Å². The number of benzene rings is 3. The van der Waals surface area contributed by atoms with Crippen molar-refractivity contribution in [3.05, 3.63) is 128 Å². The van der Waals surface area contributed by atoms with E-state index in [1.54, 1.807) is 0 Å². The van der Waals surface area contributed by atoms with E-state index in [0.717, 1.165) is 35.1 Å². The number of carbonyl (C=O) groups is 2. The molecule has 2 heterocycles. The molecule has 3 aromatic carbocycles. The monoisotopic (exact) mass is 620 g/mol. The molecule has 0 saturated heterocycles. The first-order valence-electron chi connectivity index (χ1n) is 14.2. The molecule has 2 unspecified atom stereocenters. The minimum absolute atomic E-state index is 0.113. The SMILES string of the molecule is CSC1=C(C#N)C(=O)NC(c2ccc(C3NC(=O)C(C#N)=C(SC)N3CCc3ccccc3)cc2)N1CCc1ccccc1. The maximum Gasteiger partial charge on any atom is 0.266 e. The zero-order valence-electron chi connectivity index (χ0n) is 24.5. The quantitative estimate of drug-likeness (QED) is 0.317. The number of nitrogens with one attached hydrogen (secondary N) is 2. The Morgan fingerprint density at radius 2 is 1.00 bits per heavy atom. The summed E-state index contributed by atoms with van der Waals surface area (Å²) < 4.78 is 0. The molecular weight excluding hydrogens is 589 g/mol. The van der Waals surface area contributed by atoms with E-state index in [9.17, 15) is 20.1 Å². The summed E-state index contributed by atoms with van der Waals surface area (Å²) in [6, 6.07) is 32.2. The van der Waals surface area contributed by atoms with Crippen molar-refractivity contribution in [2.45, 2.75) is 25.2 Å². The van der Waals surface area contributed by atoms with Gasteiger partial charge in [0.2, 0.25) is 0 Å². The highest BCUT2D eigenvalue weighted by Gasteiger charge is 2.36.